The van der Waals surface area contributed by atoms with Crippen molar-refractivity contribution in [3.63, 3.8) is 0 Å². The summed E-state index contributed by atoms with van der Waals surface area (Å²) in [5, 5.41) is 0. The summed E-state index contributed by atoms with van der Waals surface area (Å²) in [6.07, 6.45) is 4.84. The van der Waals surface area contributed by atoms with Gasteiger partial charge in [0.25, 0.3) is 0 Å². The van der Waals surface area contributed by atoms with Gasteiger partial charge in [0.05, 0.1) is 13.2 Å². The second-order valence-corrected chi connectivity index (χ2v) is 5.34. The predicted molar refractivity (Wildman–Crippen MR) is 74.7 cm³/mol. The van der Waals surface area contributed by atoms with Crippen LogP contribution in [0.25, 0.3) is 0 Å². The van der Waals surface area contributed by atoms with Gasteiger partial charge in [-0.2, -0.15) is 0 Å². The highest BCUT2D eigenvalue weighted by molar-refractivity contribution is 5.97. The highest BCUT2D eigenvalue weighted by atomic mass is 16.5. The normalized spacial score (nSPS) is 23.1. The molecule has 1 fully saturated rings. The smallest absolute Gasteiger partial charge is 0.188 e. The zero-order valence-electron chi connectivity index (χ0n) is 11.7. The van der Waals surface area contributed by atoms with E-state index in [1.54, 1.807) is 31.4 Å². The molecular formula is C16H22O3. The maximum absolute atomic E-state index is 12.0. The Labute approximate surface area is 114 Å². The number of Topliss-reactive ketones (excluding diaryl/α,β-unsaturated/α-hetero) is 1. The highest BCUT2D eigenvalue weighted by Crippen LogP contribution is 2.25. The van der Waals surface area contributed by atoms with Crippen LogP contribution in [-0.2, 0) is 4.74 Å². The lowest BCUT2D eigenvalue weighted by Gasteiger charge is -2.25. The fourth-order valence-corrected chi connectivity index (χ4v) is 2.45. The zero-order valence-corrected chi connectivity index (χ0v) is 11.7. The Kier molecular flexibility index (Phi) is 4.97. The second-order valence-electron chi connectivity index (χ2n) is 5.34. The standard InChI is InChI=1S/C16H22O3/c1-12-3-7-15(8-4-12)19-11-16(17)13-5-9-14(18-2)10-6-13/h5-6,9-10,12,15H,3-4,7-8,11H2,1-2H3. The first-order valence-corrected chi connectivity index (χ1v) is 6.98. The second kappa shape index (κ2) is 6.71. The molecule has 0 unspecified atom stereocenters. The topological polar surface area (TPSA) is 35.5 Å². The molecule has 0 atom stereocenters. The molecule has 1 aliphatic rings. The predicted octanol–water partition coefficient (Wildman–Crippen LogP) is 3.47. The Morgan fingerprint density at radius 3 is 2.37 bits per heavy atom. The van der Waals surface area contributed by atoms with Gasteiger partial charge in [-0.3, -0.25) is 4.79 Å². The number of carbonyl (C=O) groups is 1. The van der Waals surface area contributed by atoms with Crippen LogP contribution in [0.3, 0.4) is 0 Å². The number of rotatable bonds is 5. The van der Waals surface area contributed by atoms with Gasteiger partial charge in [-0.05, 0) is 55.9 Å². The lowest BCUT2D eigenvalue weighted by atomic mass is 9.89. The van der Waals surface area contributed by atoms with Gasteiger partial charge in [0, 0.05) is 5.56 Å². The Bertz CT molecular complexity index is 403. The van der Waals surface area contributed by atoms with E-state index in [-0.39, 0.29) is 18.5 Å². The monoisotopic (exact) mass is 262 g/mol. The largest absolute Gasteiger partial charge is 0.497 e. The van der Waals surface area contributed by atoms with Crippen molar-refractivity contribution in [2.24, 2.45) is 5.92 Å². The quantitative estimate of drug-likeness (QED) is 0.762. The minimum Gasteiger partial charge on any atom is -0.497 e. The van der Waals surface area contributed by atoms with Crippen molar-refractivity contribution in [2.45, 2.75) is 38.7 Å². The molecule has 104 valence electrons. The first-order chi connectivity index (χ1) is 9.19. The Morgan fingerprint density at radius 1 is 1.16 bits per heavy atom. The van der Waals surface area contributed by atoms with Gasteiger partial charge in [0.2, 0.25) is 0 Å². The summed E-state index contributed by atoms with van der Waals surface area (Å²) in [6.45, 7) is 2.46. The van der Waals surface area contributed by atoms with Crippen LogP contribution in [0.2, 0.25) is 0 Å². The van der Waals surface area contributed by atoms with E-state index < -0.39 is 0 Å². The van der Waals surface area contributed by atoms with Crippen LogP contribution in [0.4, 0.5) is 0 Å². The van der Waals surface area contributed by atoms with Crippen molar-refractivity contribution in [1.29, 1.82) is 0 Å². The fraction of sp³-hybridized carbons (Fsp3) is 0.562. The van der Waals surface area contributed by atoms with Crippen LogP contribution in [0.5, 0.6) is 5.75 Å². The third-order valence-electron chi connectivity index (χ3n) is 3.83. The molecule has 1 saturated carbocycles. The number of ether oxygens (including phenoxy) is 2. The molecule has 0 radical (unpaired) electrons. The van der Waals surface area contributed by atoms with Gasteiger partial charge in [0.15, 0.2) is 5.78 Å². The van der Waals surface area contributed by atoms with E-state index in [4.69, 9.17) is 9.47 Å². The molecule has 1 aliphatic carbocycles. The van der Waals surface area contributed by atoms with E-state index in [1.165, 1.54) is 12.8 Å². The minimum absolute atomic E-state index is 0.0428. The van der Waals surface area contributed by atoms with Gasteiger partial charge in [-0.25, -0.2) is 0 Å². The fourth-order valence-electron chi connectivity index (χ4n) is 2.45. The summed E-state index contributed by atoms with van der Waals surface area (Å²) < 4.78 is 10.8. The number of hydrogen-bond donors (Lipinski definition) is 0. The van der Waals surface area contributed by atoms with E-state index in [2.05, 4.69) is 6.92 Å². The molecule has 3 heteroatoms. The molecule has 2 rings (SSSR count). The van der Waals surface area contributed by atoms with E-state index in [9.17, 15) is 4.79 Å². The van der Waals surface area contributed by atoms with Crippen LogP contribution in [0.1, 0.15) is 43.0 Å². The molecule has 0 heterocycles. The summed E-state index contributed by atoms with van der Waals surface area (Å²) in [4.78, 5) is 12.0. The van der Waals surface area contributed by atoms with Crippen LogP contribution in [0, 0.1) is 5.92 Å². The van der Waals surface area contributed by atoms with Gasteiger partial charge in [0.1, 0.15) is 12.4 Å². The third-order valence-corrected chi connectivity index (χ3v) is 3.83. The van der Waals surface area contributed by atoms with Crippen molar-refractivity contribution in [3.05, 3.63) is 29.8 Å². The molecule has 0 spiro atoms. The molecule has 0 amide bonds. The molecule has 1 aromatic rings. The number of benzene rings is 1. The van der Waals surface area contributed by atoms with E-state index in [0.29, 0.717) is 5.56 Å². The molecule has 1 aromatic carbocycles. The average molecular weight is 262 g/mol. The van der Waals surface area contributed by atoms with Gasteiger partial charge < -0.3 is 9.47 Å². The number of ketones is 1. The van der Waals surface area contributed by atoms with Crippen molar-refractivity contribution >= 4 is 5.78 Å². The molecule has 0 saturated heterocycles. The summed E-state index contributed by atoms with van der Waals surface area (Å²) in [6, 6.07) is 7.17. The van der Waals surface area contributed by atoms with Crippen molar-refractivity contribution in [3.8, 4) is 5.75 Å². The first kappa shape index (κ1) is 14.1. The molecule has 0 N–H and O–H groups in total. The summed E-state index contributed by atoms with van der Waals surface area (Å²) in [7, 11) is 1.62. The lowest BCUT2D eigenvalue weighted by Crippen LogP contribution is -2.23. The average Bonchev–Trinajstić information content (AvgIpc) is 2.46. The Balaban J connectivity index is 1.80. The minimum atomic E-state index is 0.0428. The number of methoxy groups -OCH3 is 1. The Hall–Kier alpha value is -1.35. The third kappa shape index (κ3) is 4.06. The van der Waals surface area contributed by atoms with E-state index in [1.807, 2.05) is 0 Å². The molecular weight excluding hydrogens is 240 g/mol. The van der Waals surface area contributed by atoms with Crippen LogP contribution < -0.4 is 4.74 Å². The van der Waals surface area contributed by atoms with Gasteiger partial charge >= 0.3 is 0 Å². The maximum atomic E-state index is 12.0. The summed E-state index contributed by atoms with van der Waals surface area (Å²) >= 11 is 0. The number of carbonyl (C=O) groups excluding carboxylic acids is 1. The zero-order chi connectivity index (χ0) is 13.7. The maximum Gasteiger partial charge on any atom is 0.188 e. The van der Waals surface area contributed by atoms with Crippen molar-refractivity contribution < 1.29 is 14.3 Å². The van der Waals surface area contributed by atoms with Crippen LogP contribution >= 0.6 is 0 Å². The van der Waals surface area contributed by atoms with Crippen molar-refractivity contribution in [1.82, 2.24) is 0 Å². The van der Waals surface area contributed by atoms with Gasteiger partial charge in [-0.15, -0.1) is 0 Å². The first-order valence-electron chi connectivity index (χ1n) is 6.98. The van der Waals surface area contributed by atoms with E-state index >= 15 is 0 Å². The van der Waals surface area contributed by atoms with E-state index in [0.717, 1.165) is 24.5 Å². The van der Waals surface area contributed by atoms with Gasteiger partial charge in [-0.1, -0.05) is 6.92 Å². The lowest BCUT2D eigenvalue weighted by molar-refractivity contribution is 0.0217. The van der Waals surface area contributed by atoms with Crippen molar-refractivity contribution in [2.75, 3.05) is 13.7 Å². The Morgan fingerprint density at radius 2 is 1.79 bits per heavy atom. The molecule has 0 aliphatic heterocycles. The summed E-state index contributed by atoms with van der Waals surface area (Å²) in [5.41, 5.74) is 0.685. The molecule has 0 aromatic heterocycles. The molecule has 19 heavy (non-hydrogen) atoms. The highest BCUT2D eigenvalue weighted by Gasteiger charge is 2.19. The number of hydrogen-bond acceptors (Lipinski definition) is 3. The SMILES string of the molecule is COc1ccc(C(=O)COC2CCC(C)CC2)cc1. The summed E-state index contributed by atoms with van der Waals surface area (Å²) in [5.74, 6) is 1.61. The molecule has 0 bridgehead atoms. The molecule has 3 nitrogen and oxygen atoms in total. The van der Waals surface area contributed by atoms with Crippen LogP contribution in [0.15, 0.2) is 24.3 Å². The van der Waals surface area contributed by atoms with Crippen LogP contribution in [-0.4, -0.2) is 25.6 Å².